The van der Waals surface area contributed by atoms with Crippen molar-refractivity contribution < 1.29 is 9.18 Å². The van der Waals surface area contributed by atoms with E-state index in [-0.39, 0.29) is 11.7 Å². The molecule has 0 unspecified atom stereocenters. The largest absolute Gasteiger partial charge is 0.354 e. The molecule has 0 radical (unpaired) electrons. The van der Waals surface area contributed by atoms with Crippen LogP contribution in [0.25, 0.3) is 0 Å². The first-order valence-corrected chi connectivity index (χ1v) is 7.87. The summed E-state index contributed by atoms with van der Waals surface area (Å²) in [7, 11) is 0. The number of halogens is 1. The molecule has 4 nitrogen and oxygen atoms in total. The quantitative estimate of drug-likeness (QED) is 0.718. The van der Waals surface area contributed by atoms with Gasteiger partial charge in [0.15, 0.2) is 0 Å². The lowest BCUT2D eigenvalue weighted by atomic mass is 10.1. The van der Waals surface area contributed by atoms with Gasteiger partial charge in [0.1, 0.15) is 5.82 Å². The highest BCUT2D eigenvalue weighted by Crippen LogP contribution is 2.20. The van der Waals surface area contributed by atoms with Gasteiger partial charge in [0.2, 0.25) is 0 Å². The van der Waals surface area contributed by atoms with Gasteiger partial charge in [0.05, 0.1) is 17.4 Å². The van der Waals surface area contributed by atoms with Crippen molar-refractivity contribution in [3.05, 3.63) is 83.4 Å². The van der Waals surface area contributed by atoms with E-state index in [1.165, 1.54) is 18.3 Å². The Bertz CT molecular complexity index is 907. The molecule has 2 aromatic carbocycles. The highest BCUT2D eigenvalue weighted by molar-refractivity contribution is 6.05. The molecule has 1 heterocycles. The molecule has 5 heteroatoms. The fourth-order valence-corrected chi connectivity index (χ4v) is 2.48. The number of nitrogens with zero attached hydrogens (tertiary/aromatic N) is 1. The van der Waals surface area contributed by atoms with Crippen LogP contribution in [0.15, 0.2) is 60.9 Å². The van der Waals surface area contributed by atoms with Crippen LogP contribution in [0, 0.1) is 19.7 Å². The van der Waals surface area contributed by atoms with Crippen LogP contribution in [0.3, 0.4) is 0 Å². The third-order valence-electron chi connectivity index (χ3n) is 3.76. The second-order valence-corrected chi connectivity index (χ2v) is 5.87. The number of aromatic nitrogens is 1. The van der Waals surface area contributed by atoms with Crippen molar-refractivity contribution in [3.8, 4) is 0 Å². The van der Waals surface area contributed by atoms with Crippen molar-refractivity contribution in [2.75, 3.05) is 10.6 Å². The number of amides is 1. The highest BCUT2D eigenvalue weighted by atomic mass is 19.1. The van der Waals surface area contributed by atoms with Crippen molar-refractivity contribution in [3.63, 3.8) is 0 Å². The molecule has 25 heavy (non-hydrogen) atoms. The minimum atomic E-state index is -0.301. The molecular formula is C20H18FN3O. The van der Waals surface area contributed by atoms with Crippen molar-refractivity contribution in [1.29, 1.82) is 0 Å². The Labute approximate surface area is 145 Å². The van der Waals surface area contributed by atoms with Crippen LogP contribution in [0.1, 0.15) is 21.5 Å². The predicted molar refractivity (Wildman–Crippen MR) is 97.8 cm³/mol. The number of anilines is 3. The monoisotopic (exact) mass is 335 g/mol. The summed E-state index contributed by atoms with van der Waals surface area (Å²) in [5.41, 5.74) is 4.72. The zero-order valence-corrected chi connectivity index (χ0v) is 14.0. The van der Waals surface area contributed by atoms with E-state index >= 15 is 0 Å². The van der Waals surface area contributed by atoms with Gasteiger partial charge in [-0.1, -0.05) is 17.7 Å². The first-order valence-electron chi connectivity index (χ1n) is 7.87. The van der Waals surface area contributed by atoms with Crippen LogP contribution in [-0.2, 0) is 0 Å². The molecule has 0 aliphatic heterocycles. The van der Waals surface area contributed by atoms with Crippen molar-refractivity contribution in [2.45, 2.75) is 13.8 Å². The summed E-state index contributed by atoms with van der Waals surface area (Å²) in [6, 6.07) is 13.5. The van der Waals surface area contributed by atoms with Crippen molar-refractivity contribution in [2.24, 2.45) is 0 Å². The van der Waals surface area contributed by atoms with Crippen LogP contribution < -0.4 is 10.6 Å². The average molecular weight is 335 g/mol. The van der Waals surface area contributed by atoms with Gasteiger partial charge in [-0.25, -0.2) is 4.39 Å². The Morgan fingerprint density at radius 1 is 0.960 bits per heavy atom. The highest BCUT2D eigenvalue weighted by Gasteiger charge is 2.09. The molecule has 126 valence electrons. The minimum Gasteiger partial charge on any atom is -0.354 e. The van der Waals surface area contributed by atoms with Crippen LogP contribution in [-0.4, -0.2) is 10.9 Å². The average Bonchev–Trinajstić information content (AvgIpc) is 2.60. The van der Waals surface area contributed by atoms with E-state index in [0.717, 1.165) is 22.5 Å². The van der Waals surface area contributed by atoms with Gasteiger partial charge in [-0.05, 0) is 55.8 Å². The molecule has 0 saturated carbocycles. The van der Waals surface area contributed by atoms with Crippen LogP contribution >= 0.6 is 0 Å². The lowest BCUT2D eigenvalue weighted by Gasteiger charge is -2.10. The van der Waals surface area contributed by atoms with Gasteiger partial charge in [0, 0.05) is 17.6 Å². The van der Waals surface area contributed by atoms with Crippen molar-refractivity contribution >= 4 is 23.0 Å². The van der Waals surface area contributed by atoms with E-state index in [1.807, 2.05) is 32.0 Å². The number of hydrogen-bond acceptors (Lipinski definition) is 3. The summed E-state index contributed by atoms with van der Waals surface area (Å²) in [5, 5.41) is 6.00. The topological polar surface area (TPSA) is 54.0 Å². The van der Waals surface area contributed by atoms with E-state index in [0.29, 0.717) is 11.3 Å². The molecule has 0 spiro atoms. The number of benzene rings is 2. The van der Waals surface area contributed by atoms with E-state index in [4.69, 9.17) is 0 Å². The summed E-state index contributed by atoms with van der Waals surface area (Å²) >= 11 is 0. The van der Waals surface area contributed by atoms with E-state index < -0.39 is 0 Å². The number of aryl methyl sites for hydroxylation is 2. The molecule has 2 N–H and O–H groups in total. The van der Waals surface area contributed by atoms with Crippen LogP contribution in [0.4, 0.5) is 21.5 Å². The van der Waals surface area contributed by atoms with Gasteiger partial charge in [0.25, 0.3) is 5.91 Å². The standard InChI is InChI=1S/C20H18FN3O/c1-13-3-8-19(14(2)9-13)24-20(25)15-10-18(12-22-11-15)23-17-6-4-16(21)5-7-17/h3-12,23H,1-2H3,(H,24,25). The third-order valence-corrected chi connectivity index (χ3v) is 3.76. The Kier molecular flexibility index (Phi) is 4.75. The lowest BCUT2D eigenvalue weighted by Crippen LogP contribution is -2.13. The smallest absolute Gasteiger partial charge is 0.257 e. The summed E-state index contributed by atoms with van der Waals surface area (Å²) in [6.07, 6.45) is 3.12. The predicted octanol–water partition coefficient (Wildman–Crippen LogP) is 4.83. The maximum absolute atomic E-state index is 13.0. The summed E-state index contributed by atoms with van der Waals surface area (Å²) in [4.78, 5) is 16.6. The van der Waals surface area contributed by atoms with E-state index in [1.54, 1.807) is 24.4 Å². The first kappa shape index (κ1) is 16.6. The number of carbonyl (C=O) groups is 1. The molecule has 0 bridgehead atoms. The van der Waals surface area contributed by atoms with Gasteiger partial charge in [-0.15, -0.1) is 0 Å². The molecule has 3 aromatic rings. The molecule has 0 aliphatic rings. The Balaban J connectivity index is 1.76. The molecular weight excluding hydrogens is 317 g/mol. The zero-order valence-electron chi connectivity index (χ0n) is 14.0. The second kappa shape index (κ2) is 7.13. The molecule has 1 aromatic heterocycles. The number of hydrogen-bond donors (Lipinski definition) is 2. The maximum Gasteiger partial charge on any atom is 0.257 e. The Hall–Kier alpha value is -3.21. The van der Waals surface area contributed by atoms with Gasteiger partial charge >= 0.3 is 0 Å². The third kappa shape index (κ3) is 4.20. The number of pyridine rings is 1. The zero-order chi connectivity index (χ0) is 17.8. The van der Waals surface area contributed by atoms with Crippen molar-refractivity contribution in [1.82, 2.24) is 4.98 Å². The molecule has 3 rings (SSSR count). The van der Waals surface area contributed by atoms with Crippen LogP contribution in [0.2, 0.25) is 0 Å². The number of nitrogens with one attached hydrogen (secondary N) is 2. The first-order chi connectivity index (χ1) is 12.0. The van der Waals surface area contributed by atoms with Gasteiger partial charge in [-0.2, -0.15) is 0 Å². The maximum atomic E-state index is 13.0. The number of carbonyl (C=O) groups excluding carboxylic acids is 1. The summed E-state index contributed by atoms with van der Waals surface area (Å²) in [6.45, 7) is 3.96. The Morgan fingerprint density at radius 3 is 2.44 bits per heavy atom. The Morgan fingerprint density at radius 2 is 1.72 bits per heavy atom. The summed E-state index contributed by atoms with van der Waals surface area (Å²) < 4.78 is 13.0. The molecule has 0 fully saturated rings. The molecule has 0 aliphatic carbocycles. The molecule has 0 saturated heterocycles. The fraction of sp³-hybridized carbons (Fsp3) is 0.100. The minimum absolute atomic E-state index is 0.234. The van der Waals surface area contributed by atoms with Gasteiger partial charge < -0.3 is 10.6 Å². The normalized spacial score (nSPS) is 10.4. The fourth-order valence-electron chi connectivity index (χ4n) is 2.48. The number of rotatable bonds is 4. The second-order valence-electron chi connectivity index (χ2n) is 5.87. The van der Waals surface area contributed by atoms with E-state index in [9.17, 15) is 9.18 Å². The summed E-state index contributed by atoms with van der Waals surface area (Å²) in [5.74, 6) is -0.535. The van der Waals surface area contributed by atoms with Gasteiger partial charge in [-0.3, -0.25) is 9.78 Å². The SMILES string of the molecule is Cc1ccc(NC(=O)c2cncc(Nc3ccc(F)cc3)c2)c(C)c1. The van der Waals surface area contributed by atoms with Crippen LogP contribution in [0.5, 0.6) is 0 Å². The molecule has 0 atom stereocenters. The van der Waals surface area contributed by atoms with E-state index in [2.05, 4.69) is 15.6 Å². The molecule has 1 amide bonds. The lowest BCUT2D eigenvalue weighted by molar-refractivity contribution is 0.102.